The average molecular weight is 386 g/mol. The van der Waals surface area contributed by atoms with Crippen LogP contribution in [0.25, 0.3) is 0 Å². The Balaban J connectivity index is 2.32. The minimum atomic E-state index is -4.17. The molecule has 6 nitrogen and oxygen atoms in total. The van der Waals surface area contributed by atoms with Gasteiger partial charge in [-0.2, -0.15) is 0 Å². The molecule has 0 heterocycles. The van der Waals surface area contributed by atoms with Crippen molar-refractivity contribution in [3.05, 3.63) is 23.5 Å². The van der Waals surface area contributed by atoms with Gasteiger partial charge in [0, 0.05) is 12.1 Å². The van der Waals surface area contributed by atoms with Crippen molar-refractivity contribution in [3.63, 3.8) is 0 Å². The zero-order valence-corrected chi connectivity index (χ0v) is 16.5. The number of carbonyl (C=O) groups excluding carboxylic acids is 1. The van der Waals surface area contributed by atoms with E-state index in [0.717, 1.165) is 25.3 Å². The normalized spacial score (nSPS) is 16.8. The monoisotopic (exact) mass is 386 g/mol. The Bertz CT molecular complexity index is 778. The van der Waals surface area contributed by atoms with E-state index in [1.54, 1.807) is 0 Å². The van der Waals surface area contributed by atoms with Crippen LogP contribution in [0.2, 0.25) is 0 Å². The standard InChI is InChI=1S/C18H27FN2O4S/c1-5-11(2)12(3)21(14-6-7-14)17(22)10-13-8-15(19)18(25-4)16(9-13)26(20,23)24/h8-9,11-12,14H,5-7,10H2,1-4H3,(H2,20,23,24). The lowest BCUT2D eigenvalue weighted by atomic mass is 9.98. The Hall–Kier alpha value is -1.67. The fourth-order valence-electron chi connectivity index (χ4n) is 3.13. The number of methoxy groups -OCH3 is 1. The summed E-state index contributed by atoms with van der Waals surface area (Å²) in [4.78, 5) is 14.3. The van der Waals surface area contributed by atoms with Crippen LogP contribution in [0, 0.1) is 11.7 Å². The highest BCUT2D eigenvalue weighted by atomic mass is 32.2. The van der Waals surface area contributed by atoms with Crippen molar-refractivity contribution in [1.29, 1.82) is 0 Å². The molecule has 8 heteroatoms. The van der Waals surface area contributed by atoms with E-state index >= 15 is 0 Å². The number of halogens is 1. The molecule has 26 heavy (non-hydrogen) atoms. The lowest BCUT2D eigenvalue weighted by molar-refractivity contribution is -0.134. The van der Waals surface area contributed by atoms with E-state index in [-0.39, 0.29) is 30.0 Å². The number of benzene rings is 1. The molecule has 1 aliphatic carbocycles. The highest BCUT2D eigenvalue weighted by Gasteiger charge is 2.37. The molecule has 2 unspecified atom stereocenters. The van der Waals surface area contributed by atoms with Crippen LogP contribution in [0.1, 0.15) is 45.6 Å². The number of hydrogen-bond donors (Lipinski definition) is 1. The summed E-state index contributed by atoms with van der Waals surface area (Å²) < 4.78 is 42.5. The van der Waals surface area contributed by atoms with Gasteiger partial charge in [0.1, 0.15) is 4.90 Å². The number of primary sulfonamides is 1. The Morgan fingerprint density at radius 3 is 2.46 bits per heavy atom. The molecule has 0 saturated heterocycles. The molecule has 0 radical (unpaired) electrons. The molecule has 1 fully saturated rings. The summed E-state index contributed by atoms with van der Waals surface area (Å²) in [6.07, 6.45) is 2.79. The maximum absolute atomic E-state index is 14.2. The van der Waals surface area contributed by atoms with Crippen molar-refractivity contribution >= 4 is 15.9 Å². The van der Waals surface area contributed by atoms with E-state index in [1.807, 2.05) is 11.8 Å². The smallest absolute Gasteiger partial charge is 0.241 e. The van der Waals surface area contributed by atoms with Gasteiger partial charge in [-0.3, -0.25) is 4.79 Å². The molecular weight excluding hydrogens is 359 g/mol. The van der Waals surface area contributed by atoms with Crippen LogP contribution in [0.5, 0.6) is 5.75 Å². The average Bonchev–Trinajstić information content (AvgIpc) is 3.37. The van der Waals surface area contributed by atoms with Crippen molar-refractivity contribution in [2.24, 2.45) is 11.1 Å². The van der Waals surface area contributed by atoms with Gasteiger partial charge >= 0.3 is 0 Å². The van der Waals surface area contributed by atoms with Gasteiger partial charge in [-0.1, -0.05) is 20.3 Å². The molecule has 0 bridgehead atoms. The molecule has 2 atom stereocenters. The van der Waals surface area contributed by atoms with Crippen LogP contribution in [-0.2, 0) is 21.2 Å². The molecule has 1 amide bonds. The zero-order chi connectivity index (χ0) is 19.6. The third kappa shape index (κ3) is 4.54. The molecule has 2 N–H and O–H groups in total. The molecule has 1 aromatic carbocycles. The van der Waals surface area contributed by atoms with Crippen LogP contribution in [0.4, 0.5) is 4.39 Å². The summed E-state index contributed by atoms with van der Waals surface area (Å²) in [5, 5.41) is 5.16. The fourth-order valence-corrected chi connectivity index (χ4v) is 3.89. The first-order valence-electron chi connectivity index (χ1n) is 8.80. The Labute approximate surface area is 154 Å². The third-order valence-corrected chi connectivity index (χ3v) is 5.99. The predicted octanol–water partition coefficient (Wildman–Crippen LogP) is 2.45. The van der Waals surface area contributed by atoms with E-state index in [1.165, 1.54) is 13.2 Å². The molecule has 1 saturated carbocycles. The Kier molecular flexibility index (Phi) is 6.29. The number of ether oxygens (including phenoxy) is 1. The summed E-state index contributed by atoms with van der Waals surface area (Å²) in [6, 6.07) is 2.63. The summed E-state index contributed by atoms with van der Waals surface area (Å²) in [5.41, 5.74) is 0.263. The number of sulfonamides is 1. The van der Waals surface area contributed by atoms with Gasteiger partial charge in [-0.05, 0) is 43.4 Å². The van der Waals surface area contributed by atoms with Gasteiger partial charge in [-0.25, -0.2) is 17.9 Å². The maximum Gasteiger partial charge on any atom is 0.241 e. The number of nitrogens with zero attached hydrogens (tertiary/aromatic N) is 1. The fraction of sp³-hybridized carbons (Fsp3) is 0.611. The molecule has 0 aromatic heterocycles. The molecule has 1 aromatic rings. The van der Waals surface area contributed by atoms with Crippen molar-refractivity contribution in [2.45, 2.75) is 63.4 Å². The summed E-state index contributed by atoms with van der Waals surface area (Å²) in [6.45, 7) is 6.20. The van der Waals surface area contributed by atoms with Crippen LogP contribution in [0.3, 0.4) is 0 Å². The summed E-state index contributed by atoms with van der Waals surface area (Å²) >= 11 is 0. The van der Waals surface area contributed by atoms with Crippen molar-refractivity contribution < 1.29 is 22.3 Å². The zero-order valence-electron chi connectivity index (χ0n) is 15.7. The van der Waals surface area contributed by atoms with E-state index in [9.17, 15) is 17.6 Å². The first-order valence-corrected chi connectivity index (χ1v) is 10.3. The summed E-state index contributed by atoms with van der Waals surface area (Å²) in [5.74, 6) is -1.08. The molecular formula is C18H27FN2O4S. The highest BCUT2D eigenvalue weighted by Crippen LogP contribution is 2.33. The van der Waals surface area contributed by atoms with E-state index in [0.29, 0.717) is 5.92 Å². The number of nitrogens with two attached hydrogens (primary N) is 1. The number of carbonyl (C=O) groups is 1. The van der Waals surface area contributed by atoms with Crippen LogP contribution in [0.15, 0.2) is 17.0 Å². The van der Waals surface area contributed by atoms with Crippen LogP contribution < -0.4 is 9.88 Å². The second kappa shape index (κ2) is 7.92. The minimum Gasteiger partial charge on any atom is -0.492 e. The van der Waals surface area contributed by atoms with Crippen LogP contribution >= 0.6 is 0 Å². The van der Waals surface area contributed by atoms with E-state index in [2.05, 4.69) is 13.8 Å². The Morgan fingerprint density at radius 1 is 1.38 bits per heavy atom. The number of hydrogen-bond acceptors (Lipinski definition) is 4. The third-order valence-electron chi connectivity index (χ3n) is 5.07. The molecule has 1 aliphatic rings. The first kappa shape index (κ1) is 20.6. The lowest BCUT2D eigenvalue weighted by Gasteiger charge is -2.33. The van der Waals surface area contributed by atoms with Crippen molar-refractivity contribution in [2.75, 3.05) is 7.11 Å². The quantitative estimate of drug-likeness (QED) is 0.743. The molecule has 0 spiro atoms. The number of amides is 1. The van der Waals surface area contributed by atoms with Gasteiger partial charge in [0.15, 0.2) is 11.6 Å². The summed E-state index contributed by atoms with van der Waals surface area (Å²) in [7, 11) is -3.01. The largest absolute Gasteiger partial charge is 0.492 e. The van der Waals surface area contributed by atoms with Crippen LogP contribution in [-0.4, -0.2) is 38.4 Å². The second-order valence-electron chi connectivity index (χ2n) is 6.99. The predicted molar refractivity (Wildman–Crippen MR) is 96.8 cm³/mol. The van der Waals surface area contributed by atoms with Gasteiger partial charge in [0.25, 0.3) is 0 Å². The Morgan fingerprint density at radius 2 is 2.00 bits per heavy atom. The number of rotatable bonds is 8. The van der Waals surface area contributed by atoms with E-state index in [4.69, 9.17) is 9.88 Å². The van der Waals surface area contributed by atoms with Gasteiger partial charge in [0.05, 0.1) is 13.5 Å². The first-order chi connectivity index (χ1) is 12.1. The van der Waals surface area contributed by atoms with E-state index < -0.39 is 26.5 Å². The minimum absolute atomic E-state index is 0.0702. The topological polar surface area (TPSA) is 89.7 Å². The second-order valence-corrected chi connectivity index (χ2v) is 8.52. The highest BCUT2D eigenvalue weighted by molar-refractivity contribution is 7.89. The van der Waals surface area contributed by atoms with Gasteiger partial charge < -0.3 is 9.64 Å². The molecule has 0 aliphatic heterocycles. The molecule has 146 valence electrons. The van der Waals surface area contributed by atoms with Gasteiger partial charge in [-0.15, -0.1) is 0 Å². The molecule has 2 rings (SSSR count). The van der Waals surface area contributed by atoms with Crippen molar-refractivity contribution in [1.82, 2.24) is 4.90 Å². The van der Waals surface area contributed by atoms with Gasteiger partial charge in [0.2, 0.25) is 15.9 Å². The lowest BCUT2D eigenvalue weighted by Crippen LogP contribution is -2.44. The van der Waals surface area contributed by atoms with Crippen molar-refractivity contribution in [3.8, 4) is 5.75 Å². The SMILES string of the molecule is CCC(C)C(C)N(C(=O)Cc1cc(F)c(OC)c(S(N)(=O)=O)c1)C1CC1. The maximum atomic E-state index is 14.2.